The molecule has 3 heterocycles. The van der Waals surface area contributed by atoms with Crippen LogP contribution in [0.2, 0.25) is 0 Å². The van der Waals surface area contributed by atoms with E-state index in [0.29, 0.717) is 18.7 Å². The quantitative estimate of drug-likeness (QED) is 0.522. The van der Waals surface area contributed by atoms with Crippen molar-refractivity contribution in [2.45, 2.75) is 24.5 Å². The predicted molar refractivity (Wildman–Crippen MR) is 142 cm³/mol. The molecule has 0 unspecified atom stereocenters. The first-order valence-electron chi connectivity index (χ1n) is 12.2. The highest BCUT2D eigenvalue weighted by Gasteiger charge is 2.71. The van der Waals surface area contributed by atoms with Crippen LogP contribution in [-0.2, 0) is 26.5 Å². The molecule has 3 aromatic rings. The Labute approximate surface area is 214 Å². The second-order valence-corrected chi connectivity index (χ2v) is 10.6. The van der Waals surface area contributed by atoms with Crippen molar-refractivity contribution in [1.82, 2.24) is 5.32 Å². The maximum Gasteiger partial charge on any atom is 0.253 e. The van der Waals surface area contributed by atoms with Crippen molar-refractivity contribution in [3.8, 4) is 0 Å². The summed E-state index contributed by atoms with van der Waals surface area (Å²) < 4.78 is 0. The summed E-state index contributed by atoms with van der Waals surface area (Å²) in [6, 6.07) is 26.3. The Morgan fingerprint density at radius 3 is 2.25 bits per heavy atom. The number of nitrogens with one attached hydrogen (secondary N) is 1. The minimum absolute atomic E-state index is 0.162. The van der Waals surface area contributed by atoms with E-state index < -0.39 is 17.4 Å². The number of anilines is 2. The minimum atomic E-state index is -1.27. The van der Waals surface area contributed by atoms with E-state index in [1.54, 1.807) is 28.8 Å². The molecule has 4 atom stereocenters. The minimum Gasteiger partial charge on any atom is -0.306 e. The fourth-order valence-electron chi connectivity index (χ4n) is 6.19. The van der Waals surface area contributed by atoms with Gasteiger partial charge < -0.3 is 4.90 Å². The van der Waals surface area contributed by atoms with Gasteiger partial charge in [0.1, 0.15) is 5.54 Å². The van der Waals surface area contributed by atoms with Crippen LogP contribution in [0.5, 0.6) is 0 Å². The molecule has 182 valence electrons. The van der Waals surface area contributed by atoms with E-state index in [1.807, 2.05) is 79.1 Å². The highest BCUT2D eigenvalue weighted by molar-refractivity contribution is 7.98. The number of rotatable bonds is 6. The smallest absolute Gasteiger partial charge is 0.253 e. The lowest BCUT2D eigenvalue weighted by Crippen LogP contribution is -2.55. The summed E-state index contributed by atoms with van der Waals surface area (Å²) in [6.45, 7) is 0.400. The molecule has 0 aromatic heterocycles. The number of fused-ring (bicyclic) bond motifs is 4. The number of nitrogens with zero attached hydrogens (tertiary/aromatic N) is 2. The van der Waals surface area contributed by atoms with E-state index in [1.165, 1.54) is 4.90 Å². The highest BCUT2D eigenvalue weighted by atomic mass is 32.2. The molecule has 7 heteroatoms. The molecule has 2 fully saturated rings. The summed E-state index contributed by atoms with van der Waals surface area (Å²) in [5, 5.41) is 3.58. The summed E-state index contributed by atoms with van der Waals surface area (Å²) in [5.41, 5.74) is 1.87. The predicted octanol–water partition coefficient (Wildman–Crippen LogP) is 3.96. The average molecular weight is 498 g/mol. The summed E-state index contributed by atoms with van der Waals surface area (Å²) in [5.74, 6) is -1.26. The topological polar surface area (TPSA) is 69.7 Å². The van der Waals surface area contributed by atoms with Gasteiger partial charge in [0, 0.05) is 17.3 Å². The van der Waals surface area contributed by atoms with Gasteiger partial charge in [0.2, 0.25) is 11.8 Å². The second-order valence-electron chi connectivity index (χ2n) is 9.59. The zero-order chi connectivity index (χ0) is 24.9. The second kappa shape index (κ2) is 8.91. The molecule has 2 saturated heterocycles. The number of para-hydroxylation sites is 2. The van der Waals surface area contributed by atoms with Gasteiger partial charge in [0.15, 0.2) is 0 Å². The number of hydrogen-bond donors (Lipinski definition) is 1. The van der Waals surface area contributed by atoms with E-state index in [0.717, 1.165) is 22.6 Å². The van der Waals surface area contributed by atoms with Crippen LogP contribution < -0.4 is 15.1 Å². The van der Waals surface area contributed by atoms with Crippen LogP contribution >= 0.6 is 11.8 Å². The molecule has 0 bridgehead atoms. The molecule has 1 spiro atoms. The summed E-state index contributed by atoms with van der Waals surface area (Å²) >= 11 is 1.70. The van der Waals surface area contributed by atoms with Crippen LogP contribution in [-0.4, -0.2) is 35.8 Å². The number of thioether (sulfide) groups is 1. The molecule has 6 nitrogen and oxygen atoms in total. The number of carbonyl (C=O) groups excluding carboxylic acids is 3. The van der Waals surface area contributed by atoms with Gasteiger partial charge in [-0.25, -0.2) is 4.90 Å². The van der Waals surface area contributed by atoms with Crippen LogP contribution in [0.1, 0.15) is 17.5 Å². The van der Waals surface area contributed by atoms with Gasteiger partial charge in [-0.1, -0.05) is 66.7 Å². The van der Waals surface area contributed by atoms with E-state index in [2.05, 4.69) is 5.32 Å². The standard InChI is InChI=1S/C29H27N3O3S/c1-36-17-16-22-24-25(27(34)32(26(24)33)20-12-6-3-7-13-20)29(30-22)21-14-8-9-15-23(21)31(28(29)35)18-19-10-4-2-5-11-19/h2-15,22,24-25,30H,16-18H2,1H3/t22-,24-,25+,29-/m0/s1. The lowest BCUT2D eigenvalue weighted by Gasteiger charge is -2.30. The van der Waals surface area contributed by atoms with Gasteiger partial charge in [-0.15, -0.1) is 0 Å². The van der Waals surface area contributed by atoms with Crippen molar-refractivity contribution < 1.29 is 14.4 Å². The van der Waals surface area contributed by atoms with Gasteiger partial charge in [-0.3, -0.25) is 19.7 Å². The van der Waals surface area contributed by atoms with Crippen molar-refractivity contribution >= 4 is 40.9 Å². The third-order valence-corrected chi connectivity index (χ3v) is 8.34. The fourth-order valence-corrected chi connectivity index (χ4v) is 6.68. The first-order chi connectivity index (χ1) is 17.6. The molecule has 36 heavy (non-hydrogen) atoms. The van der Waals surface area contributed by atoms with E-state index in [9.17, 15) is 14.4 Å². The number of carbonyl (C=O) groups is 3. The lowest BCUT2D eigenvalue weighted by atomic mass is 9.76. The Kier molecular flexibility index (Phi) is 5.69. The molecule has 6 rings (SSSR count). The van der Waals surface area contributed by atoms with Crippen LogP contribution in [0.3, 0.4) is 0 Å². The fraction of sp³-hybridized carbons (Fsp3) is 0.276. The summed E-state index contributed by atoms with van der Waals surface area (Å²) in [4.78, 5) is 45.4. The molecule has 1 N–H and O–H groups in total. The molecule has 3 amide bonds. The Morgan fingerprint density at radius 1 is 0.861 bits per heavy atom. The molecule has 0 saturated carbocycles. The summed E-state index contributed by atoms with van der Waals surface area (Å²) in [6.07, 6.45) is 2.72. The Morgan fingerprint density at radius 2 is 1.53 bits per heavy atom. The molecular weight excluding hydrogens is 470 g/mol. The molecule has 3 aliphatic heterocycles. The number of imide groups is 1. The molecule has 0 aliphatic carbocycles. The zero-order valence-electron chi connectivity index (χ0n) is 20.0. The van der Waals surface area contributed by atoms with E-state index in [-0.39, 0.29) is 23.8 Å². The van der Waals surface area contributed by atoms with Crippen LogP contribution in [0.4, 0.5) is 11.4 Å². The Bertz CT molecular complexity index is 1330. The van der Waals surface area contributed by atoms with Crippen LogP contribution in [0.25, 0.3) is 0 Å². The Hall–Kier alpha value is -3.42. The van der Waals surface area contributed by atoms with E-state index in [4.69, 9.17) is 0 Å². The monoisotopic (exact) mass is 497 g/mol. The van der Waals surface area contributed by atoms with Crippen molar-refractivity contribution in [3.63, 3.8) is 0 Å². The van der Waals surface area contributed by atoms with E-state index >= 15 is 0 Å². The van der Waals surface area contributed by atoms with Crippen molar-refractivity contribution in [2.24, 2.45) is 11.8 Å². The normalized spacial score (nSPS) is 26.7. The van der Waals surface area contributed by atoms with Crippen molar-refractivity contribution in [3.05, 3.63) is 96.1 Å². The lowest BCUT2D eigenvalue weighted by molar-refractivity contribution is -0.132. The highest BCUT2D eigenvalue weighted by Crippen LogP contribution is 2.55. The van der Waals surface area contributed by atoms with Crippen molar-refractivity contribution in [2.75, 3.05) is 21.8 Å². The number of amides is 3. The third kappa shape index (κ3) is 3.26. The molecule has 3 aliphatic rings. The third-order valence-electron chi connectivity index (χ3n) is 7.70. The number of hydrogen-bond acceptors (Lipinski definition) is 5. The summed E-state index contributed by atoms with van der Waals surface area (Å²) in [7, 11) is 0. The SMILES string of the molecule is CSCC[C@@H]1N[C@]2(C(=O)N(Cc3ccccc3)c3ccccc32)[C@H]2C(=O)N(c3ccccc3)C(=O)[C@@H]12. The number of benzene rings is 3. The molecule has 0 radical (unpaired) electrons. The molecular formula is C29H27N3O3S. The first kappa shape index (κ1) is 23.0. The van der Waals surface area contributed by atoms with Gasteiger partial charge in [-0.2, -0.15) is 11.8 Å². The van der Waals surface area contributed by atoms with Gasteiger partial charge >= 0.3 is 0 Å². The van der Waals surface area contributed by atoms with Gasteiger partial charge in [0.25, 0.3) is 5.91 Å². The van der Waals surface area contributed by atoms with Crippen LogP contribution in [0.15, 0.2) is 84.9 Å². The van der Waals surface area contributed by atoms with Gasteiger partial charge in [0.05, 0.1) is 24.1 Å². The average Bonchev–Trinajstić information content (AvgIpc) is 3.48. The molecule has 3 aromatic carbocycles. The largest absolute Gasteiger partial charge is 0.306 e. The van der Waals surface area contributed by atoms with Crippen molar-refractivity contribution in [1.29, 1.82) is 0 Å². The Balaban J connectivity index is 1.48. The maximum atomic E-state index is 14.4. The van der Waals surface area contributed by atoms with Gasteiger partial charge in [-0.05, 0) is 42.2 Å². The van der Waals surface area contributed by atoms with Crippen LogP contribution in [0, 0.1) is 11.8 Å². The zero-order valence-corrected chi connectivity index (χ0v) is 20.8. The first-order valence-corrected chi connectivity index (χ1v) is 13.6. The maximum absolute atomic E-state index is 14.4.